The molecule has 0 spiro atoms. The molecule has 0 atom stereocenters. The molecule has 0 saturated heterocycles. The van der Waals surface area contributed by atoms with Gasteiger partial charge in [0.15, 0.2) is 6.73 Å². The Morgan fingerprint density at radius 1 is 1.05 bits per heavy atom. The summed E-state index contributed by atoms with van der Waals surface area (Å²) in [6.07, 6.45) is 0. The standard InChI is InChI=1S/C31H21F2N3O6S/c1-2-43(39,40)35-23-14-27-20(28(31(37)38)30(42-27)16-6-8-17(32)9-7-16)12-19(23)22-10-11-26-29(34-22)25-13-18-21(33)4-3-5-24(18)36(25)15-41-26/h3-14,35H,2,15H2,1H3,(H,37,38). The molecule has 0 unspecified atom stereocenters. The molecule has 9 nitrogen and oxygen atoms in total. The predicted octanol–water partition coefficient (Wildman–Crippen LogP) is 6.87. The van der Waals surface area contributed by atoms with Crippen molar-refractivity contribution in [2.75, 3.05) is 10.5 Å². The summed E-state index contributed by atoms with van der Waals surface area (Å²) < 4.78 is 69.8. The van der Waals surface area contributed by atoms with Crippen LogP contribution >= 0.6 is 0 Å². The average Bonchev–Trinajstić information content (AvgIpc) is 3.56. The molecule has 1 aliphatic rings. The Hall–Kier alpha value is -5.23. The number of halogens is 2. The second-order valence-electron chi connectivity index (χ2n) is 9.96. The van der Waals surface area contributed by atoms with Crippen LogP contribution in [0.3, 0.4) is 0 Å². The summed E-state index contributed by atoms with van der Waals surface area (Å²) in [6.45, 7) is 1.63. The number of pyridine rings is 1. The van der Waals surface area contributed by atoms with E-state index in [1.54, 1.807) is 34.9 Å². The lowest BCUT2D eigenvalue weighted by Gasteiger charge is -2.21. The zero-order valence-electron chi connectivity index (χ0n) is 22.4. The van der Waals surface area contributed by atoms with Crippen molar-refractivity contribution in [2.24, 2.45) is 0 Å². The molecule has 0 aliphatic carbocycles. The third kappa shape index (κ3) is 4.38. The SMILES string of the molecule is CCS(=O)(=O)Nc1cc2oc(-c3ccc(F)cc3)c(C(=O)O)c2cc1-c1ccc2c(n1)-c1cc3c(F)cccc3n1CO2. The van der Waals surface area contributed by atoms with Crippen molar-refractivity contribution >= 4 is 43.6 Å². The summed E-state index contributed by atoms with van der Waals surface area (Å²) >= 11 is 0. The minimum Gasteiger partial charge on any atom is -0.478 e. The molecule has 1 aliphatic heterocycles. The number of hydrogen-bond acceptors (Lipinski definition) is 6. The van der Waals surface area contributed by atoms with Gasteiger partial charge < -0.3 is 18.8 Å². The van der Waals surface area contributed by atoms with Crippen molar-refractivity contribution in [3.8, 4) is 39.7 Å². The molecule has 3 aromatic carbocycles. The second-order valence-corrected chi connectivity index (χ2v) is 12.0. The van der Waals surface area contributed by atoms with Crippen LogP contribution in [0.2, 0.25) is 0 Å². The van der Waals surface area contributed by atoms with E-state index in [4.69, 9.17) is 14.1 Å². The quantitative estimate of drug-likeness (QED) is 0.214. The Morgan fingerprint density at radius 2 is 1.84 bits per heavy atom. The number of benzene rings is 3. The van der Waals surface area contributed by atoms with Crippen LogP contribution in [0.5, 0.6) is 5.75 Å². The normalized spacial score (nSPS) is 12.6. The van der Waals surface area contributed by atoms with Gasteiger partial charge in [-0.25, -0.2) is 27.0 Å². The fourth-order valence-electron chi connectivity index (χ4n) is 5.31. The summed E-state index contributed by atoms with van der Waals surface area (Å²) in [5.41, 5.74) is 2.59. The Balaban J connectivity index is 1.47. The number of hydrogen-bond donors (Lipinski definition) is 2. The molecule has 2 N–H and O–H groups in total. The van der Waals surface area contributed by atoms with Gasteiger partial charge in [0.25, 0.3) is 0 Å². The molecular formula is C31H21F2N3O6S. The Labute approximate surface area is 243 Å². The monoisotopic (exact) mass is 601 g/mol. The highest BCUT2D eigenvalue weighted by Crippen LogP contribution is 2.43. The Kier molecular flexibility index (Phi) is 5.99. The van der Waals surface area contributed by atoms with Gasteiger partial charge in [0.1, 0.15) is 40.0 Å². The second kappa shape index (κ2) is 9.66. The number of aromatic nitrogens is 2. The van der Waals surface area contributed by atoms with Crippen molar-refractivity contribution in [3.05, 3.63) is 90.0 Å². The molecule has 3 aromatic heterocycles. The van der Waals surface area contributed by atoms with Crippen molar-refractivity contribution < 1.29 is 36.3 Å². The lowest BCUT2D eigenvalue weighted by atomic mass is 10.0. The number of carbonyl (C=O) groups is 1. The number of aromatic carboxylic acids is 1. The van der Waals surface area contributed by atoms with E-state index >= 15 is 0 Å². The summed E-state index contributed by atoms with van der Waals surface area (Å²) in [6, 6.07) is 17.8. The van der Waals surface area contributed by atoms with Crippen molar-refractivity contribution in [1.29, 1.82) is 0 Å². The molecule has 4 heterocycles. The molecule has 0 bridgehead atoms. The van der Waals surface area contributed by atoms with Crippen molar-refractivity contribution in [3.63, 3.8) is 0 Å². The first-order valence-corrected chi connectivity index (χ1v) is 14.8. The Morgan fingerprint density at radius 3 is 2.58 bits per heavy atom. The molecule has 43 heavy (non-hydrogen) atoms. The molecular weight excluding hydrogens is 580 g/mol. The van der Waals surface area contributed by atoms with E-state index in [1.165, 1.54) is 49.4 Å². The Bertz CT molecular complexity index is 2220. The maximum Gasteiger partial charge on any atom is 0.340 e. The van der Waals surface area contributed by atoms with Crippen LogP contribution in [-0.4, -0.2) is 34.8 Å². The highest BCUT2D eigenvalue weighted by atomic mass is 32.2. The summed E-state index contributed by atoms with van der Waals surface area (Å²) in [7, 11) is -3.78. The molecule has 0 amide bonds. The van der Waals surface area contributed by atoms with Crippen LogP contribution in [0.4, 0.5) is 14.5 Å². The number of nitrogens with zero attached hydrogens (tertiary/aromatic N) is 2. The van der Waals surface area contributed by atoms with E-state index in [2.05, 4.69) is 4.72 Å². The number of furan rings is 1. The lowest BCUT2D eigenvalue weighted by Crippen LogP contribution is -2.16. The van der Waals surface area contributed by atoms with Gasteiger partial charge in [-0.05, 0) is 67.6 Å². The maximum atomic E-state index is 14.6. The van der Waals surface area contributed by atoms with E-state index in [0.717, 1.165) is 0 Å². The topological polar surface area (TPSA) is 124 Å². The zero-order chi connectivity index (χ0) is 30.0. The summed E-state index contributed by atoms with van der Waals surface area (Å²) in [5, 5.41) is 10.8. The van der Waals surface area contributed by atoms with Crippen LogP contribution < -0.4 is 9.46 Å². The van der Waals surface area contributed by atoms with E-state index in [1.807, 2.05) is 0 Å². The molecule has 6 aromatic rings. The van der Waals surface area contributed by atoms with E-state index in [-0.39, 0.29) is 46.0 Å². The van der Waals surface area contributed by atoms with Gasteiger partial charge in [0.05, 0.1) is 28.3 Å². The molecule has 0 fully saturated rings. The van der Waals surface area contributed by atoms with Crippen LogP contribution in [0.25, 0.3) is 55.8 Å². The molecule has 7 rings (SSSR count). The van der Waals surface area contributed by atoms with Gasteiger partial charge in [-0.1, -0.05) is 6.07 Å². The van der Waals surface area contributed by atoms with Crippen LogP contribution in [0, 0.1) is 11.6 Å². The maximum absolute atomic E-state index is 14.6. The lowest BCUT2D eigenvalue weighted by molar-refractivity contribution is 0.0699. The highest BCUT2D eigenvalue weighted by Gasteiger charge is 2.27. The third-order valence-corrected chi connectivity index (χ3v) is 8.70. The first-order chi connectivity index (χ1) is 20.6. The minimum atomic E-state index is -3.78. The first-order valence-electron chi connectivity index (χ1n) is 13.2. The molecule has 0 saturated carbocycles. The van der Waals surface area contributed by atoms with Crippen molar-refractivity contribution in [1.82, 2.24) is 9.55 Å². The number of sulfonamides is 1. The number of carboxylic acids is 1. The number of carboxylic acid groups (broad SMARTS) is 1. The van der Waals surface area contributed by atoms with Gasteiger partial charge in [-0.15, -0.1) is 0 Å². The third-order valence-electron chi connectivity index (χ3n) is 7.41. The fraction of sp³-hybridized carbons (Fsp3) is 0.0968. The van der Waals surface area contributed by atoms with Crippen LogP contribution in [0.15, 0.2) is 77.2 Å². The van der Waals surface area contributed by atoms with Gasteiger partial charge in [-0.3, -0.25) is 4.72 Å². The molecule has 12 heteroatoms. The highest BCUT2D eigenvalue weighted by molar-refractivity contribution is 7.92. The van der Waals surface area contributed by atoms with Gasteiger partial charge >= 0.3 is 5.97 Å². The van der Waals surface area contributed by atoms with Crippen LogP contribution in [-0.2, 0) is 16.8 Å². The van der Waals surface area contributed by atoms with E-state index in [9.17, 15) is 27.1 Å². The number of fused-ring (bicyclic) bond motifs is 6. The van der Waals surface area contributed by atoms with Gasteiger partial charge in [0, 0.05) is 28.0 Å². The van der Waals surface area contributed by atoms with Gasteiger partial charge in [-0.2, -0.15) is 0 Å². The van der Waals surface area contributed by atoms with E-state index < -0.39 is 27.6 Å². The number of anilines is 1. The molecule has 216 valence electrons. The van der Waals surface area contributed by atoms with Gasteiger partial charge in [0.2, 0.25) is 10.0 Å². The largest absolute Gasteiger partial charge is 0.478 e. The van der Waals surface area contributed by atoms with E-state index in [0.29, 0.717) is 39.3 Å². The average molecular weight is 602 g/mol. The minimum absolute atomic E-state index is 0.0118. The predicted molar refractivity (Wildman–Crippen MR) is 156 cm³/mol. The number of ether oxygens (including phenoxy) is 1. The fourth-order valence-corrected chi connectivity index (χ4v) is 5.96. The molecule has 0 radical (unpaired) electrons. The van der Waals surface area contributed by atoms with Crippen LogP contribution in [0.1, 0.15) is 17.3 Å². The number of nitrogens with one attached hydrogen (secondary N) is 1. The summed E-state index contributed by atoms with van der Waals surface area (Å²) in [5.74, 6) is -1.96. The van der Waals surface area contributed by atoms with Crippen molar-refractivity contribution in [2.45, 2.75) is 13.7 Å². The zero-order valence-corrected chi connectivity index (χ0v) is 23.2. The number of rotatable bonds is 6. The summed E-state index contributed by atoms with van der Waals surface area (Å²) in [4.78, 5) is 17.3. The first kappa shape index (κ1) is 26.7. The smallest absolute Gasteiger partial charge is 0.340 e.